The molecule has 0 aliphatic heterocycles. The van der Waals surface area contributed by atoms with Gasteiger partial charge in [0.25, 0.3) is 5.56 Å². The van der Waals surface area contributed by atoms with E-state index in [4.69, 9.17) is 4.42 Å². The van der Waals surface area contributed by atoms with Crippen molar-refractivity contribution in [2.24, 2.45) is 0 Å². The van der Waals surface area contributed by atoms with Gasteiger partial charge in [-0.1, -0.05) is 39.4 Å². The highest BCUT2D eigenvalue weighted by Gasteiger charge is 2.12. The van der Waals surface area contributed by atoms with Gasteiger partial charge in [-0.3, -0.25) is 4.79 Å². The average molecular weight is 468 g/mol. The van der Waals surface area contributed by atoms with E-state index in [-0.39, 0.29) is 11.4 Å². The van der Waals surface area contributed by atoms with Gasteiger partial charge in [0.1, 0.15) is 21.9 Å². The minimum atomic E-state index is -0.336. The Balaban J connectivity index is 1.51. The van der Waals surface area contributed by atoms with Crippen LogP contribution in [-0.2, 0) is 0 Å². The van der Waals surface area contributed by atoms with Gasteiger partial charge < -0.3 is 4.42 Å². The summed E-state index contributed by atoms with van der Waals surface area (Å²) in [7, 11) is 0. The summed E-state index contributed by atoms with van der Waals surface area (Å²) in [6, 6.07) is 17.3. The molecule has 0 saturated carbocycles. The van der Waals surface area contributed by atoms with Crippen LogP contribution >= 0.6 is 27.3 Å². The van der Waals surface area contributed by atoms with Crippen LogP contribution in [0.5, 0.6) is 0 Å². The van der Waals surface area contributed by atoms with E-state index in [0.29, 0.717) is 32.4 Å². The van der Waals surface area contributed by atoms with Crippen LogP contribution in [-0.4, -0.2) is 14.6 Å². The molecular weight excluding hydrogens is 457 g/mol. The van der Waals surface area contributed by atoms with Crippen LogP contribution in [0.4, 0.5) is 4.39 Å². The predicted octanol–water partition coefficient (Wildman–Crippen LogP) is 4.53. The molecule has 0 fully saturated rings. The lowest BCUT2D eigenvalue weighted by atomic mass is 10.2. The van der Waals surface area contributed by atoms with Crippen molar-refractivity contribution < 1.29 is 8.81 Å². The van der Waals surface area contributed by atoms with E-state index in [9.17, 15) is 9.18 Å². The minimum absolute atomic E-state index is 0.271. The lowest BCUT2D eigenvalue weighted by Crippen LogP contribution is -2.23. The Morgan fingerprint density at radius 1 is 1.00 bits per heavy atom. The van der Waals surface area contributed by atoms with E-state index in [1.807, 2.05) is 36.4 Å². The predicted molar refractivity (Wildman–Crippen MR) is 113 cm³/mol. The molecule has 0 atom stereocenters. The molecule has 5 aromatic rings. The molecule has 0 spiro atoms. The number of furan rings is 1. The fraction of sp³-hybridized carbons (Fsp3) is 0. The maximum Gasteiger partial charge on any atom is 0.291 e. The largest absolute Gasteiger partial charge is 0.457 e. The van der Waals surface area contributed by atoms with Crippen molar-refractivity contribution >= 4 is 38.3 Å². The van der Waals surface area contributed by atoms with Crippen molar-refractivity contribution in [3.8, 4) is 22.7 Å². The lowest BCUT2D eigenvalue weighted by molar-refractivity contribution is 0.571. The Kier molecular flexibility index (Phi) is 4.37. The molecule has 5 rings (SSSR count). The normalized spacial score (nSPS) is 12.1. The number of fused-ring (bicyclic) bond motifs is 1. The second-order valence-corrected chi connectivity index (χ2v) is 8.19. The topological polar surface area (TPSA) is 60.4 Å². The molecular formula is C21H11BrFN3O2S. The smallest absolute Gasteiger partial charge is 0.291 e. The number of hydrogen-bond acceptors (Lipinski definition) is 5. The first kappa shape index (κ1) is 18.0. The van der Waals surface area contributed by atoms with Crippen molar-refractivity contribution in [1.82, 2.24) is 14.6 Å². The lowest BCUT2D eigenvalue weighted by Gasteiger charge is -1.96. The first-order valence-electron chi connectivity index (χ1n) is 8.60. The molecule has 0 saturated heterocycles. The van der Waals surface area contributed by atoms with Gasteiger partial charge in [-0.25, -0.2) is 4.39 Å². The van der Waals surface area contributed by atoms with Crippen molar-refractivity contribution in [2.75, 3.05) is 0 Å². The van der Waals surface area contributed by atoms with E-state index in [0.717, 1.165) is 10.0 Å². The molecule has 0 bridgehead atoms. The summed E-state index contributed by atoms with van der Waals surface area (Å²) in [5.74, 6) is 1.34. The molecule has 3 heterocycles. The summed E-state index contributed by atoms with van der Waals surface area (Å²) in [6.07, 6.45) is 1.68. The second-order valence-electron chi connectivity index (χ2n) is 6.26. The van der Waals surface area contributed by atoms with Crippen LogP contribution < -0.4 is 10.1 Å². The number of hydrogen-bond donors (Lipinski definition) is 0. The molecule has 0 unspecified atom stereocenters. The van der Waals surface area contributed by atoms with Crippen LogP contribution in [0.2, 0.25) is 0 Å². The summed E-state index contributed by atoms with van der Waals surface area (Å²) >= 11 is 4.64. The van der Waals surface area contributed by atoms with Gasteiger partial charge >= 0.3 is 0 Å². The SMILES string of the molecule is O=c1c(=Cc2ccc(-c3ccc(Br)cc3)o2)sc2nc(-c3ccc(F)cc3)nn12. The van der Waals surface area contributed by atoms with Crippen LogP contribution in [0.3, 0.4) is 0 Å². The number of halogens is 2. The zero-order valence-corrected chi connectivity index (χ0v) is 17.1. The first-order chi connectivity index (χ1) is 14.1. The van der Waals surface area contributed by atoms with Crippen LogP contribution in [0, 0.1) is 5.82 Å². The van der Waals surface area contributed by atoms with Gasteiger partial charge in [0.2, 0.25) is 4.96 Å². The molecule has 0 aliphatic rings. The molecule has 0 radical (unpaired) electrons. The summed E-state index contributed by atoms with van der Waals surface area (Å²) < 4.78 is 21.7. The number of benzene rings is 2. The fourth-order valence-corrected chi connectivity index (χ4v) is 4.04. The van der Waals surface area contributed by atoms with E-state index < -0.39 is 0 Å². The fourth-order valence-electron chi connectivity index (χ4n) is 2.88. The first-order valence-corrected chi connectivity index (χ1v) is 10.2. The van der Waals surface area contributed by atoms with Crippen molar-refractivity contribution in [2.45, 2.75) is 0 Å². The minimum Gasteiger partial charge on any atom is -0.457 e. The Bertz CT molecular complexity index is 1440. The summed E-state index contributed by atoms with van der Waals surface area (Å²) in [5.41, 5.74) is 1.33. The van der Waals surface area contributed by atoms with Crippen LogP contribution in [0.15, 0.2) is 74.3 Å². The Morgan fingerprint density at radius 3 is 2.45 bits per heavy atom. The van der Waals surface area contributed by atoms with E-state index in [1.165, 1.54) is 28.0 Å². The Hall–Kier alpha value is -3.10. The standard InChI is InChI=1S/C21H11BrFN3O2S/c22-14-5-1-12(2-6-14)17-10-9-16(28-17)11-18-20(27)26-21(29-18)24-19(25-26)13-3-7-15(23)8-4-13/h1-11H. The highest BCUT2D eigenvalue weighted by molar-refractivity contribution is 9.10. The van der Waals surface area contributed by atoms with Gasteiger partial charge in [0.05, 0.1) is 0 Å². The van der Waals surface area contributed by atoms with E-state index in [2.05, 4.69) is 26.0 Å². The van der Waals surface area contributed by atoms with Gasteiger partial charge in [0.15, 0.2) is 5.82 Å². The molecule has 3 aromatic heterocycles. The van der Waals surface area contributed by atoms with Gasteiger partial charge in [-0.2, -0.15) is 9.50 Å². The number of aromatic nitrogens is 3. The monoisotopic (exact) mass is 467 g/mol. The molecule has 142 valence electrons. The van der Waals surface area contributed by atoms with Crippen molar-refractivity contribution in [3.05, 3.63) is 91.6 Å². The molecule has 0 amide bonds. The molecule has 0 N–H and O–H groups in total. The average Bonchev–Trinajstić information content (AvgIpc) is 3.41. The maximum atomic E-state index is 13.1. The van der Waals surface area contributed by atoms with E-state index in [1.54, 1.807) is 18.2 Å². The van der Waals surface area contributed by atoms with Crippen LogP contribution in [0.25, 0.3) is 33.7 Å². The summed E-state index contributed by atoms with van der Waals surface area (Å²) in [6.45, 7) is 0. The Morgan fingerprint density at radius 2 is 1.72 bits per heavy atom. The summed E-state index contributed by atoms with van der Waals surface area (Å²) in [4.78, 5) is 17.5. The second kappa shape index (κ2) is 7.06. The molecule has 5 nitrogen and oxygen atoms in total. The Labute approximate surface area is 175 Å². The molecule has 2 aromatic carbocycles. The quantitative estimate of drug-likeness (QED) is 0.391. The van der Waals surface area contributed by atoms with Crippen molar-refractivity contribution in [1.29, 1.82) is 0 Å². The highest BCUT2D eigenvalue weighted by atomic mass is 79.9. The zero-order chi connectivity index (χ0) is 20.0. The van der Waals surface area contributed by atoms with Gasteiger partial charge in [0, 0.05) is 21.7 Å². The summed E-state index contributed by atoms with van der Waals surface area (Å²) in [5, 5.41) is 4.26. The van der Waals surface area contributed by atoms with Crippen LogP contribution in [0.1, 0.15) is 5.76 Å². The number of rotatable bonds is 3. The van der Waals surface area contributed by atoms with Gasteiger partial charge in [-0.05, 0) is 48.5 Å². The molecule has 29 heavy (non-hydrogen) atoms. The third-order valence-corrected chi connectivity index (χ3v) is 5.80. The molecule has 0 aliphatic carbocycles. The third kappa shape index (κ3) is 3.41. The number of nitrogens with zero attached hydrogens (tertiary/aromatic N) is 3. The zero-order valence-electron chi connectivity index (χ0n) is 14.7. The third-order valence-electron chi connectivity index (χ3n) is 4.31. The number of thiazole rings is 1. The molecule has 8 heteroatoms. The highest BCUT2D eigenvalue weighted by Crippen LogP contribution is 2.24. The van der Waals surface area contributed by atoms with Gasteiger partial charge in [-0.15, -0.1) is 5.10 Å². The maximum absolute atomic E-state index is 13.1. The van der Waals surface area contributed by atoms with E-state index >= 15 is 0 Å². The van der Waals surface area contributed by atoms with Crippen molar-refractivity contribution in [3.63, 3.8) is 0 Å².